The molecule has 0 amide bonds. The first-order valence-corrected chi connectivity index (χ1v) is 9.99. The number of nitrogens with one attached hydrogen (secondary N) is 1. The van der Waals surface area contributed by atoms with Crippen LogP contribution >= 0.6 is 0 Å². The van der Waals surface area contributed by atoms with E-state index in [0.717, 1.165) is 42.2 Å². The number of methoxy groups -OCH3 is 2. The smallest absolute Gasteiger partial charge is 0.162 e. The van der Waals surface area contributed by atoms with Crippen LogP contribution in [0.15, 0.2) is 82.9 Å². The van der Waals surface area contributed by atoms with Crippen molar-refractivity contribution in [1.29, 1.82) is 0 Å². The summed E-state index contributed by atoms with van der Waals surface area (Å²) in [6.07, 6.45) is 18.3. The Kier molecular flexibility index (Phi) is 5.56. The van der Waals surface area contributed by atoms with Gasteiger partial charge in [-0.3, -0.25) is 0 Å². The molecule has 2 heterocycles. The van der Waals surface area contributed by atoms with Crippen molar-refractivity contribution in [3.63, 3.8) is 0 Å². The Labute approximate surface area is 172 Å². The zero-order valence-corrected chi connectivity index (χ0v) is 17.2. The summed E-state index contributed by atoms with van der Waals surface area (Å²) in [4.78, 5) is 7.17. The first kappa shape index (κ1) is 19.1. The van der Waals surface area contributed by atoms with Crippen molar-refractivity contribution in [1.82, 2.24) is 4.90 Å². The summed E-state index contributed by atoms with van der Waals surface area (Å²) < 4.78 is 10.8. The third-order valence-corrected chi connectivity index (χ3v) is 5.25. The van der Waals surface area contributed by atoms with Crippen LogP contribution in [0, 0.1) is 5.92 Å². The standard InChI is InChI=1S/C24H27N3O2/c1-17-9-11-21-24(25-19-10-12-22(28-2)23(15-19)29-3)26-20(16-27(21)14-13-17)18-7-5-4-6-8-18/h4-5,8,10-17H,6-7,9H2,1-3H3,(H,25,26). The fourth-order valence-electron chi connectivity index (χ4n) is 3.58. The molecule has 0 spiro atoms. The third kappa shape index (κ3) is 4.14. The highest BCUT2D eigenvalue weighted by molar-refractivity contribution is 6.09. The normalized spacial score (nSPS) is 20.7. The molecular weight excluding hydrogens is 362 g/mol. The van der Waals surface area contributed by atoms with E-state index in [-0.39, 0.29) is 0 Å². The molecule has 5 heteroatoms. The Hall–Kier alpha value is -3.21. The molecule has 1 N–H and O–H groups in total. The Morgan fingerprint density at radius 3 is 2.72 bits per heavy atom. The number of hydrogen-bond acceptors (Lipinski definition) is 5. The minimum Gasteiger partial charge on any atom is -0.493 e. The molecule has 1 atom stereocenters. The highest BCUT2D eigenvalue weighted by atomic mass is 16.5. The summed E-state index contributed by atoms with van der Waals surface area (Å²) in [6.45, 7) is 2.23. The Balaban J connectivity index is 1.70. The molecule has 150 valence electrons. The Morgan fingerprint density at radius 2 is 1.97 bits per heavy atom. The van der Waals surface area contributed by atoms with Gasteiger partial charge in [-0.1, -0.05) is 37.3 Å². The van der Waals surface area contributed by atoms with Gasteiger partial charge in [0.25, 0.3) is 0 Å². The summed E-state index contributed by atoms with van der Waals surface area (Å²) in [5, 5.41) is 3.50. The van der Waals surface area contributed by atoms with Crippen LogP contribution in [-0.2, 0) is 0 Å². The molecule has 1 aromatic carbocycles. The van der Waals surface area contributed by atoms with Crippen LogP contribution in [-0.4, -0.2) is 25.0 Å². The number of nitrogens with zero attached hydrogens (tertiary/aromatic N) is 2. The SMILES string of the molecule is COc1ccc(NC2=NC(C3=CCC=CC3)=CN3C=CC(C)CC=C23)cc1OC. The third-order valence-electron chi connectivity index (χ3n) is 5.25. The molecule has 0 fully saturated rings. The first-order chi connectivity index (χ1) is 14.2. The molecule has 1 aromatic rings. The second kappa shape index (κ2) is 8.43. The molecule has 5 nitrogen and oxygen atoms in total. The fraction of sp³-hybridized carbons (Fsp3) is 0.292. The van der Waals surface area contributed by atoms with Crippen LogP contribution in [0.2, 0.25) is 0 Å². The average Bonchev–Trinajstić information content (AvgIpc) is 2.96. The van der Waals surface area contributed by atoms with Gasteiger partial charge in [0.2, 0.25) is 0 Å². The summed E-state index contributed by atoms with van der Waals surface area (Å²) in [6, 6.07) is 5.81. The molecule has 0 bridgehead atoms. The number of fused-ring (bicyclic) bond motifs is 1. The predicted octanol–water partition coefficient (Wildman–Crippen LogP) is 5.39. The van der Waals surface area contributed by atoms with Crippen molar-refractivity contribution in [3.8, 4) is 11.5 Å². The molecule has 0 aromatic heterocycles. The van der Waals surface area contributed by atoms with E-state index in [2.05, 4.69) is 59.9 Å². The van der Waals surface area contributed by atoms with Gasteiger partial charge in [-0.05, 0) is 42.9 Å². The van der Waals surface area contributed by atoms with Crippen LogP contribution in [0.3, 0.4) is 0 Å². The molecule has 0 saturated carbocycles. The average molecular weight is 389 g/mol. The number of anilines is 1. The van der Waals surface area contributed by atoms with Gasteiger partial charge in [-0.2, -0.15) is 0 Å². The van der Waals surface area contributed by atoms with Crippen molar-refractivity contribution in [2.24, 2.45) is 10.9 Å². The van der Waals surface area contributed by atoms with Gasteiger partial charge in [0.05, 0.1) is 25.6 Å². The number of benzene rings is 1. The maximum absolute atomic E-state index is 5.45. The van der Waals surface area contributed by atoms with Crippen LogP contribution < -0.4 is 14.8 Å². The zero-order chi connectivity index (χ0) is 20.2. The van der Waals surface area contributed by atoms with E-state index in [4.69, 9.17) is 14.5 Å². The van der Waals surface area contributed by atoms with Crippen molar-refractivity contribution >= 4 is 11.5 Å². The van der Waals surface area contributed by atoms with Gasteiger partial charge in [0.1, 0.15) is 0 Å². The highest BCUT2D eigenvalue weighted by Gasteiger charge is 2.23. The van der Waals surface area contributed by atoms with Gasteiger partial charge >= 0.3 is 0 Å². The van der Waals surface area contributed by atoms with Gasteiger partial charge in [0, 0.05) is 24.2 Å². The molecule has 4 rings (SSSR count). The van der Waals surface area contributed by atoms with E-state index in [1.54, 1.807) is 14.2 Å². The van der Waals surface area contributed by atoms with Gasteiger partial charge < -0.3 is 19.7 Å². The van der Waals surface area contributed by atoms with Gasteiger partial charge in [-0.25, -0.2) is 4.99 Å². The molecule has 2 aliphatic heterocycles. The van der Waals surface area contributed by atoms with Gasteiger partial charge in [-0.15, -0.1) is 0 Å². The first-order valence-electron chi connectivity index (χ1n) is 9.99. The second-order valence-corrected chi connectivity index (χ2v) is 7.36. The van der Waals surface area contributed by atoms with E-state index in [1.165, 1.54) is 5.57 Å². The summed E-state index contributed by atoms with van der Waals surface area (Å²) in [5.41, 5.74) is 4.22. The quantitative estimate of drug-likeness (QED) is 0.702. The van der Waals surface area contributed by atoms with E-state index in [1.807, 2.05) is 18.2 Å². The second-order valence-electron chi connectivity index (χ2n) is 7.36. The number of ether oxygens (including phenoxy) is 2. The van der Waals surface area contributed by atoms with Crippen molar-refractivity contribution in [3.05, 3.63) is 77.9 Å². The van der Waals surface area contributed by atoms with E-state index in [9.17, 15) is 0 Å². The van der Waals surface area contributed by atoms with Crippen molar-refractivity contribution < 1.29 is 9.47 Å². The lowest BCUT2D eigenvalue weighted by molar-refractivity contribution is 0.355. The van der Waals surface area contributed by atoms with Gasteiger partial charge in [0.15, 0.2) is 17.3 Å². The van der Waals surface area contributed by atoms with Crippen LogP contribution in [0.1, 0.15) is 26.2 Å². The maximum atomic E-state index is 5.45. The topological polar surface area (TPSA) is 46.1 Å². The molecule has 29 heavy (non-hydrogen) atoms. The zero-order valence-electron chi connectivity index (χ0n) is 17.2. The lowest BCUT2D eigenvalue weighted by Crippen LogP contribution is -2.28. The number of rotatable bonds is 4. The lowest BCUT2D eigenvalue weighted by atomic mass is 10.0. The van der Waals surface area contributed by atoms with E-state index in [0.29, 0.717) is 17.4 Å². The monoisotopic (exact) mass is 389 g/mol. The fourth-order valence-corrected chi connectivity index (χ4v) is 3.58. The summed E-state index contributed by atoms with van der Waals surface area (Å²) in [7, 11) is 3.28. The van der Waals surface area contributed by atoms with Crippen LogP contribution in [0.4, 0.5) is 5.69 Å². The molecule has 1 aliphatic carbocycles. The van der Waals surface area contributed by atoms with E-state index >= 15 is 0 Å². The highest BCUT2D eigenvalue weighted by Crippen LogP contribution is 2.33. The molecule has 3 aliphatic rings. The molecule has 0 saturated heterocycles. The Morgan fingerprint density at radius 1 is 1.10 bits per heavy atom. The Bertz CT molecular complexity index is 966. The number of hydrogen-bond donors (Lipinski definition) is 1. The maximum Gasteiger partial charge on any atom is 0.162 e. The van der Waals surface area contributed by atoms with E-state index < -0.39 is 0 Å². The van der Waals surface area contributed by atoms with Crippen molar-refractivity contribution in [2.75, 3.05) is 19.5 Å². The molecule has 0 radical (unpaired) electrons. The minimum atomic E-state index is 0.490. The lowest BCUT2D eigenvalue weighted by Gasteiger charge is -2.27. The summed E-state index contributed by atoms with van der Waals surface area (Å²) in [5.74, 6) is 2.72. The number of aliphatic imine (C=N–C) groups is 1. The number of amidine groups is 1. The minimum absolute atomic E-state index is 0.490. The largest absolute Gasteiger partial charge is 0.493 e. The van der Waals surface area contributed by atoms with Crippen molar-refractivity contribution in [2.45, 2.75) is 26.2 Å². The molecular formula is C24H27N3O2. The summed E-state index contributed by atoms with van der Waals surface area (Å²) >= 11 is 0. The number of allylic oxidation sites excluding steroid dienone is 6. The van der Waals surface area contributed by atoms with Crippen LogP contribution in [0.5, 0.6) is 11.5 Å². The van der Waals surface area contributed by atoms with Crippen LogP contribution in [0.25, 0.3) is 0 Å². The molecule has 1 unspecified atom stereocenters. The predicted molar refractivity (Wildman–Crippen MR) is 118 cm³/mol.